The summed E-state index contributed by atoms with van der Waals surface area (Å²) in [5.41, 5.74) is 0.333. The van der Waals surface area contributed by atoms with Crippen molar-refractivity contribution in [3.8, 4) is 5.75 Å². The maximum atomic E-state index is 12.0. The van der Waals surface area contributed by atoms with Gasteiger partial charge < -0.3 is 15.2 Å². The van der Waals surface area contributed by atoms with Crippen molar-refractivity contribution in [2.45, 2.75) is 24.3 Å². The zero-order valence-electron chi connectivity index (χ0n) is 10.9. The Bertz CT molecular complexity index is 612. The van der Waals surface area contributed by atoms with Crippen LogP contribution in [-0.4, -0.2) is 38.7 Å². The number of anilines is 1. The number of benzene rings is 1. The van der Waals surface area contributed by atoms with Crippen molar-refractivity contribution in [3.63, 3.8) is 0 Å². The molecule has 0 saturated carbocycles. The largest absolute Gasteiger partial charge is 0.482 e. The van der Waals surface area contributed by atoms with Crippen LogP contribution in [0.3, 0.4) is 0 Å². The fourth-order valence-electron chi connectivity index (χ4n) is 1.71. The number of rotatable bonds is 5. The van der Waals surface area contributed by atoms with Gasteiger partial charge in [0.25, 0.3) is 5.91 Å². The number of ether oxygens (including phenoxy) is 1. The van der Waals surface area contributed by atoms with E-state index in [1.165, 1.54) is 18.2 Å². The molecule has 1 unspecified atom stereocenters. The standard InChI is InChI=1S/C12H16N2O5S/c1-8(15)4-5-13-20(17,18)9-2-3-11-10(6-9)14-12(16)7-19-11/h2-3,6,8,13,15H,4-5,7H2,1H3,(H,14,16). The maximum Gasteiger partial charge on any atom is 0.262 e. The second kappa shape index (κ2) is 5.78. The third kappa shape index (κ3) is 3.47. The molecule has 8 heteroatoms. The van der Waals surface area contributed by atoms with Crippen LogP contribution >= 0.6 is 0 Å². The monoisotopic (exact) mass is 300 g/mol. The van der Waals surface area contributed by atoms with Gasteiger partial charge in [0, 0.05) is 6.54 Å². The Labute approximate surface area is 117 Å². The number of amides is 1. The molecule has 0 aromatic heterocycles. The van der Waals surface area contributed by atoms with Crippen molar-refractivity contribution in [1.82, 2.24) is 4.72 Å². The Morgan fingerprint density at radius 1 is 1.50 bits per heavy atom. The summed E-state index contributed by atoms with van der Waals surface area (Å²) in [7, 11) is -3.67. The second-order valence-electron chi connectivity index (χ2n) is 4.53. The van der Waals surface area contributed by atoms with E-state index in [-0.39, 0.29) is 24.0 Å². The van der Waals surface area contributed by atoms with Crippen molar-refractivity contribution in [2.75, 3.05) is 18.5 Å². The minimum absolute atomic E-state index is 0.0349. The number of carbonyl (C=O) groups is 1. The van der Waals surface area contributed by atoms with E-state index in [2.05, 4.69) is 10.0 Å². The highest BCUT2D eigenvalue weighted by atomic mass is 32.2. The number of fused-ring (bicyclic) bond motifs is 1. The number of hydrogen-bond donors (Lipinski definition) is 3. The SMILES string of the molecule is CC(O)CCNS(=O)(=O)c1ccc2c(c1)NC(=O)CO2. The van der Waals surface area contributed by atoms with Gasteiger partial charge in [-0.2, -0.15) is 0 Å². The van der Waals surface area contributed by atoms with Crippen LogP contribution in [0.1, 0.15) is 13.3 Å². The van der Waals surface area contributed by atoms with Crippen LogP contribution in [-0.2, 0) is 14.8 Å². The molecule has 1 aromatic rings. The van der Waals surface area contributed by atoms with Gasteiger partial charge in [-0.3, -0.25) is 4.79 Å². The van der Waals surface area contributed by atoms with Crippen molar-refractivity contribution in [2.24, 2.45) is 0 Å². The van der Waals surface area contributed by atoms with Gasteiger partial charge in [0.2, 0.25) is 10.0 Å². The zero-order valence-corrected chi connectivity index (χ0v) is 11.7. The first-order chi connectivity index (χ1) is 9.38. The topological polar surface area (TPSA) is 105 Å². The number of nitrogens with one attached hydrogen (secondary N) is 2. The summed E-state index contributed by atoms with van der Waals surface area (Å²) in [5, 5.41) is 11.7. The first-order valence-electron chi connectivity index (χ1n) is 6.13. The lowest BCUT2D eigenvalue weighted by Gasteiger charge is -2.18. The quantitative estimate of drug-likeness (QED) is 0.713. The molecular weight excluding hydrogens is 284 g/mol. The smallest absolute Gasteiger partial charge is 0.262 e. The molecule has 0 aliphatic carbocycles. The van der Waals surface area contributed by atoms with Gasteiger partial charge in [0.15, 0.2) is 6.61 Å². The molecular formula is C12H16N2O5S. The van der Waals surface area contributed by atoms with Gasteiger partial charge in [-0.1, -0.05) is 0 Å². The minimum Gasteiger partial charge on any atom is -0.482 e. The van der Waals surface area contributed by atoms with Crippen molar-refractivity contribution in [1.29, 1.82) is 0 Å². The van der Waals surface area contributed by atoms with Crippen LogP contribution in [0.2, 0.25) is 0 Å². The van der Waals surface area contributed by atoms with Crippen LogP contribution in [0.5, 0.6) is 5.75 Å². The van der Waals surface area contributed by atoms with Crippen molar-refractivity contribution >= 4 is 21.6 Å². The Balaban J connectivity index is 2.16. The van der Waals surface area contributed by atoms with Gasteiger partial charge >= 0.3 is 0 Å². The molecule has 1 amide bonds. The first-order valence-corrected chi connectivity index (χ1v) is 7.61. The number of aliphatic hydroxyl groups is 1. The lowest BCUT2D eigenvalue weighted by Crippen LogP contribution is -2.28. The third-order valence-electron chi connectivity index (χ3n) is 2.75. The molecule has 1 aromatic carbocycles. The lowest BCUT2D eigenvalue weighted by atomic mass is 10.2. The van der Waals surface area contributed by atoms with E-state index in [9.17, 15) is 13.2 Å². The van der Waals surface area contributed by atoms with Crippen LogP contribution in [0.15, 0.2) is 23.1 Å². The summed E-state index contributed by atoms with van der Waals surface area (Å²) >= 11 is 0. The molecule has 1 heterocycles. The second-order valence-corrected chi connectivity index (χ2v) is 6.30. The molecule has 20 heavy (non-hydrogen) atoms. The Morgan fingerprint density at radius 3 is 2.95 bits per heavy atom. The van der Waals surface area contributed by atoms with Gasteiger partial charge in [-0.25, -0.2) is 13.1 Å². The maximum absolute atomic E-state index is 12.0. The number of hydrogen-bond acceptors (Lipinski definition) is 5. The van der Waals surface area contributed by atoms with Crippen LogP contribution in [0.4, 0.5) is 5.69 Å². The fraction of sp³-hybridized carbons (Fsp3) is 0.417. The molecule has 1 aliphatic rings. The number of aliphatic hydroxyl groups excluding tert-OH is 1. The van der Waals surface area contributed by atoms with E-state index >= 15 is 0 Å². The molecule has 0 fully saturated rings. The fourth-order valence-corrected chi connectivity index (χ4v) is 2.79. The summed E-state index contributed by atoms with van der Waals surface area (Å²) in [4.78, 5) is 11.2. The molecule has 110 valence electrons. The summed E-state index contributed by atoms with van der Waals surface area (Å²) in [6.07, 6.45) is -0.252. The van der Waals surface area contributed by atoms with Crippen molar-refractivity contribution < 1.29 is 23.1 Å². The third-order valence-corrected chi connectivity index (χ3v) is 4.21. The van der Waals surface area contributed by atoms with Gasteiger partial charge in [-0.15, -0.1) is 0 Å². The van der Waals surface area contributed by atoms with E-state index in [0.29, 0.717) is 17.9 Å². The lowest BCUT2D eigenvalue weighted by molar-refractivity contribution is -0.118. The van der Waals surface area contributed by atoms with Crippen LogP contribution in [0, 0.1) is 0 Å². The molecule has 0 bridgehead atoms. The first kappa shape index (κ1) is 14.8. The van der Waals surface area contributed by atoms with Gasteiger partial charge in [0.1, 0.15) is 5.75 Å². The van der Waals surface area contributed by atoms with Gasteiger partial charge in [0.05, 0.1) is 16.7 Å². The van der Waals surface area contributed by atoms with E-state index in [1.54, 1.807) is 6.92 Å². The van der Waals surface area contributed by atoms with E-state index in [1.807, 2.05) is 0 Å². The minimum atomic E-state index is -3.67. The van der Waals surface area contributed by atoms with Crippen LogP contribution in [0.25, 0.3) is 0 Å². The Morgan fingerprint density at radius 2 is 2.25 bits per heavy atom. The molecule has 2 rings (SSSR count). The average molecular weight is 300 g/mol. The predicted octanol–water partition coefficient (Wildman–Crippen LogP) is 0.0667. The average Bonchev–Trinajstić information content (AvgIpc) is 2.37. The Kier molecular flexibility index (Phi) is 4.26. The highest BCUT2D eigenvalue weighted by Gasteiger charge is 2.20. The zero-order chi connectivity index (χ0) is 14.8. The normalized spacial score (nSPS) is 16.0. The molecule has 1 aliphatic heterocycles. The van der Waals surface area contributed by atoms with E-state index in [0.717, 1.165) is 0 Å². The summed E-state index contributed by atoms with van der Waals surface area (Å²) in [5.74, 6) is 0.113. The highest BCUT2D eigenvalue weighted by molar-refractivity contribution is 7.89. The van der Waals surface area contributed by atoms with Crippen LogP contribution < -0.4 is 14.8 Å². The number of sulfonamides is 1. The summed E-state index contributed by atoms with van der Waals surface area (Å²) < 4.78 is 31.6. The molecule has 0 spiro atoms. The molecule has 0 radical (unpaired) electrons. The predicted molar refractivity (Wildman–Crippen MR) is 72.1 cm³/mol. The summed E-state index contributed by atoms with van der Waals surface area (Å²) in [6.45, 7) is 1.64. The summed E-state index contributed by atoms with van der Waals surface area (Å²) in [6, 6.07) is 4.25. The molecule has 7 nitrogen and oxygen atoms in total. The van der Waals surface area contributed by atoms with E-state index in [4.69, 9.17) is 9.84 Å². The van der Waals surface area contributed by atoms with Crippen molar-refractivity contribution in [3.05, 3.63) is 18.2 Å². The number of carbonyl (C=O) groups excluding carboxylic acids is 1. The Hall–Kier alpha value is -1.64. The van der Waals surface area contributed by atoms with E-state index < -0.39 is 16.1 Å². The molecule has 3 N–H and O–H groups in total. The molecule has 1 atom stereocenters. The molecule has 0 saturated heterocycles. The highest BCUT2D eigenvalue weighted by Crippen LogP contribution is 2.29. The van der Waals surface area contributed by atoms with Gasteiger partial charge in [-0.05, 0) is 31.5 Å².